The standard InChI is InChI=1S/2C22H29P.Fe/c2*1-3-18(4-2)21-16-11-17-22(21)23(19-12-7-5-8-13-19)20-14-9-6-10-15-20;/h2*5-10,12-15,18,21-22H,3-4,11,16-17H2,1-2H3;. The van der Waals surface area contributed by atoms with E-state index in [-0.39, 0.29) is 32.9 Å². The van der Waals surface area contributed by atoms with E-state index < -0.39 is 0 Å². The fraction of sp³-hybridized carbons (Fsp3) is 0.455. The first kappa shape index (κ1) is 38.1. The second-order valence-corrected chi connectivity index (χ2v) is 18.4. The van der Waals surface area contributed by atoms with Crippen LogP contribution in [0.25, 0.3) is 0 Å². The minimum Gasteiger partial charge on any atom is -0.0651 e. The largest absolute Gasteiger partial charge is 0.0651 e. The SMILES string of the molecule is CCC(CC)C1CCCC1P(c1ccccc1)c1ccccc1.CCC(CC)C1CCCC1P(c1ccccc1)c1ccccc1.[Fe]. The molecule has 3 heteroatoms. The maximum atomic E-state index is 2.39. The van der Waals surface area contributed by atoms with Crippen molar-refractivity contribution in [3.63, 3.8) is 0 Å². The smallest absolute Gasteiger partial charge is 0 e. The first-order chi connectivity index (χ1) is 22.7. The van der Waals surface area contributed by atoms with Crippen LogP contribution >= 0.6 is 15.8 Å². The Kier molecular flexibility index (Phi) is 16.2. The summed E-state index contributed by atoms with van der Waals surface area (Å²) in [6.45, 7) is 9.54. The van der Waals surface area contributed by atoms with Crippen molar-refractivity contribution in [2.75, 3.05) is 0 Å². The molecule has 0 aliphatic heterocycles. The summed E-state index contributed by atoms with van der Waals surface area (Å²) in [6.07, 6.45) is 13.9. The van der Waals surface area contributed by atoms with Crippen LogP contribution in [0.5, 0.6) is 0 Å². The third-order valence-electron chi connectivity index (χ3n) is 11.2. The summed E-state index contributed by atoms with van der Waals surface area (Å²) in [7, 11) is -0.470. The van der Waals surface area contributed by atoms with E-state index in [1.165, 1.54) is 64.2 Å². The number of hydrogen-bond acceptors (Lipinski definition) is 0. The van der Waals surface area contributed by atoms with Crippen LogP contribution in [0, 0.1) is 23.7 Å². The molecule has 0 bridgehead atoms. The number of hydrogen-bond donors (Lipinski definition) is 0. The summed E-state index contributed by atoms with van der Waals surface area (Å²) in [4.78, 5) is 0. The van der Waals surface area contributed by atoms with Crippen molar-refractivity contribution in [3.8, 4) is 0 Å². The molecule has 0 aromatic heterocycles. The molecule has 0 spiro atoms. The molecule has 2 aliphatic rings. The van der Waals surface area contributed by atoms with Gasteiger partial charge >= 0.3 is 0 Å². The van der Waals surface area contributed by atoms with Crippen molar-refractivity contribution in [3.05, 3.63) is 121 Å². The van der Waals surface area contributed by atoms with Crippen molar-refractivity contribution in [1.82, 2.24) is 0 Å². The van der Waals surface area contributed by atoms with Crippen LogP contribution in [-0.4, -0.2) is 11.3 Å². The zero-order valence-electron chi connectivity index (χ0n) is 29.3. The Balaban J connectivity index is 0.000000208. The van der Waals surface area contributed by atoms with E-state index in [1.54, 1.807) is 21.2 Å². The zero-order valence-corrected chi connectivity index (χ0v) is 32.2. The van der Waals surface area contributed by atoms with E-state index in [9.17, 15) is 0 Å². The van der Waals surface area contributed by atoms with Crippen molar-refractivity contribution in [2.45, 2.75) is 103 Å². The molecule has 4 atom stereocenters. The third-order valence-corrected chi connectivity index (χ3v) is 17.2. The van der Waals surface area contributed by atoms with Crippen molar-refractivity contribution in [2.24, 2.45) is 23.7 Å². The molecular formula is C44H58FeP2. The van der Waals surface area contributed by atoms with E-state index in [0.717, 1.165) is 35.0 Å². The molecule has 0 radical (unpaired) electrons. The molecule has 4 aromatic carbocycles. The van der Waals surface area contributed by atoms with Gasteiger partial charge in [0.15, 0.2) is 0 Å². The molecule has 252 valence electrons. The molecule has 2 aliphatic carbocycles. The van der Waals surface area contributed by atoms with Gasteiger partial charge in [0.25, 0.3) is 0 Å². The van der Waals surface area contributed by atoms with Gasteiger partial charge in [-0.1, -0.05) is 188 Å². The van der Waals surface area contributed by atoms with Gasteiger partial charge in [-0.15, -0.1) is 0 Å². The predicted molar refractivity (Wildman–Crippen MR) is 209 cm³/mol. The molecule has 0 amide bonds. The Bertz CT molecular complexity index is 1180. The molecule has 0 saturated heterocycles. The van der Waals surface area contributed by atoms with E-state index in [4.69, 9.17) is 0 Å². The van der Waals surface area contributed by atoms with E-state index in [1.807, 2.05) is 0 Å². The maximum Gasteiger partial charge on any atom is 0 e. The average molecular weight is 705 g/mol. The molecule has 2 fully saturated rings. The monoisotopic (exact) mass is 704 g/mol. The maximum absolute atomic E-state index is 2.39. The van der Waals surface area contributed by atoms with Crippen molar-refractivity contribution in [1.29, 1.82) is 0 Å². The fourth-order valence-electron chi connectivity index (χ4n) is 8.89. The van der Waals surface area contributed by atoms with Crippen LogP contribution in [0.3, 0.4) is 0 Å². The van der Waals surface area contributed by atoms with Gasteiger partial charge < -0.3 is 0 Å². The minimum absolute atomic E-state index is 0. The van der Waals surface area contributed by atoms with Crippen molar-refractivity contribution < 1.29 is 17.1 Å². The van der Waals surface area contributed by atoms with Gasteiger partial charge in [0.05, 0.1) is 0 Å². The second-order valence-electron chi connectivity index (χ2n) is 13.6. The van der Waals surface area contributed by atoms with Gasteiger partial charge in [-0.3, -0.25) is 0 Å². The van der Waals surface area contributed by atoms with Gasteiger partial charge in [0, 0.05) is 17.1 Å². The van der Waals surface area contributed by atoms with Crippen LogP contribution in [0.4, 0.5) is 0 Å². The summed E-state index contributed by atoms with van der Waals surface area (Å²) in [6, 6.07) is 45.2. The summed E-state index contributed by atoms with van der Waals surface area (Å²) in [5.74, 6) is 3.63. The molecule has 6 rings (SSSR count). The predicted octanol–water partition coefficient (Wildman–Crippen LogP) is 11.4. The quantitative estimate of drug-likeness (QED) is 0.102. The Morgan fingerprint density at radius 1 is 0.426 bits per heavy atom. The van der Waals surface area contributed by atoms with Crippen LogP contribution in [0.15, 0.2) is 121 Å². The Morgan fingerprint density at radius 3 is 0.915 bits per heavy atom. The normalized spacial score (nSPS) is 20.8. The molecule has 47 heavy (non-hydrogen) atoms. The van der Waals surface area contributed by atoms with Crippen LogP contribution < -0.4 is 21.2 Å². The summed E-state index contributed by atoms with van der Waals surface area (Å²) >= 11 is 0. The topological polar surface area (TPSA) is 0 Å². The van der Waals surface area contributed by atoms with E-state index >= 15 is 0 Å². The molecule has 2 saturated carbocycles. The summed E-state index contributed by atoms with van der Waals surface area (Å²) in [5.41, 5.74) is 1.72. The Labute approximate surface area is 300 Å². The zero-order chi connectivity index (χ0) is 32.1. The average Bonchev–Trinajstić information content (AvgIpc) is 3.79. The summed E-state index contributed by atoms with van der Waals surface area (Å²) < 4.78 is 0. The molecule has 4 aromatic rings. The molecule has 0 N–H and O–H groups in total. The van der Waals surface area contributed by atoms with Gasteiger partial charge in [-0.05, 0) is 97.7 Å². The molecule has 4 unspecified atom stereocenters. The number of rotatable bonds is 12. The van der Waals surface area contributed by atoms with Crippen LogP contribution in [0.1, 0.15) is 91.9 Å². The Hall–Kier alpha value is -1.74. The first-order valence-electron chi connectivity index (χ1n) is 18.5. The fourth-order valence-corrected chi connectivity index (χ4v) is 15.4. The molecular weight excluding hydrogens is 646 g/mol. The van der Waals surface area contributed by atoms with Gasteiger partial charge in [0.1, 0.15) is 0 Å². The number of benzene rings is 4. The first-order valence-corrected chi connectivity index (χ1v) is 21.3. The van der Waals surface area contributed by atoms with Gasteiger partial charge in [0.2, 0.25) is 0 Å². The molecule has 0 heterocycles. The van der Waals surface area contributed by atoms with Crippen LogP contribution in [-0.2, 0) is 17.1 Å². The Morgan fingerprint density at radius 2 is 0.681 bits per heavy atom. The van der Waals surface area contributed by atoms with Crippen LogP contribution in [0.2, 0.25) is 0 Å². The minimum atomic E-state index is -0.235. The van der Waals surface area contributed by atoms with Crippen molar-refractivity contribution >= 4 is 37.1 Å². The van der Waals surface area contributed by atoms with E-state index in [2.05, 4.69) is 149 Å². The second kappa shape index (κ2) is 20.1. The summed E-state index contributed by atoms with van der Waals surface area (Å²) in [5, 5.41) is 6.27. The third kappa shape index (κ3) is 9.70. The van der Waals surface area contributed by atoms with Gasteiger partial charge in [-0.2, -0.15) is 0 Å². The molecule has 0 nitrogen and oxygen atoms in total. The van der Waals surface area contributed by atoms with Gasteiger partial charge in [-0.25, -0.2) is 0 Å². The van der Waals surface area contributed by atoms with E-state index in [0.29, 0.717) is 0 Å².